The largest absolute Gasteiger partial charge is 0.504 e. The molecule has 2 aliphatic rings. The van der Waals surface area contributed by atoms with Gasteiger partial charge in [0.2, 0.25) is 5.91 Å². The van der Waals surface area contributed by atoms with Gasteiger partial charge in [-0.3, -0.25) is 9.36 Å². The molecule has 22 nitrogen and oxygen atoms in total. The Morgan fingerprint density at radius 1 is 1.30 bits per heavy atom. The molecule has 0 aromatic carbocycles. The Morgan fingerprint density at radius 2 is 1.98 bits per heavy atom. The normalized spacial score (nSPS) is 33.8. The molecule has 0 bridgehead atoms. The highest BCUT2D eigenvalue weighted by Crippen LogP contribution is 2.51. The summed E-state index contributed by atoms with van der Waals surface area (Å²) in [5, 5.41) is 76.4. The second kappa shape index (κ2) is 14.0. The number of aliphatic carboxylic acids is 1. The van der Waals surface area contributed by atoms with E-state index in [1.807, 2.05) is 0 Å². The molecule has 244 valence electrons. The van der Waals surface area contributed by atoms with Crippen molar-refractivity contribution < 1.29 is 83.4 Å². The number of phosphoric acid groups is 1. The second-order valence-corrected chi connectivity index (χ2v) is 10.7. The second-order valence-electron chi connectivity index (χ2n) is 9.45. The van der Waals surface area contributed by atoms with E-state index in [4.69, 9.17) is 20.3 Å². The number of nitrogens with zero attached hydrogens (tertiary/aromatic N) is 2. The standard InChI is InChI=1S/C20H31N4O18P/c1-7(26)22-12-8(27)4-20(18(32)33,39-16(12)13(29)9(28)5-25)40-43(35,36)42-41-37-6-10-14(30)15(31)17(38-10)24-3-2-11(21)23-19(24)34/h2-3,8-10,12-17,25,27-31H,4-6H2,1H3,(H,22,26)(H,32,33)(H,35,36)(H2,21,23,34). The zero-order chi connectivity index (χ0) is 32.3. The van der Waals surface area contributed by atoms with Crippen LogP contribution in [-0.2, 0) is 42.8 Å². The van der Waals surface area contributed by atoms with Crippen molar-refractivity contribution in [2.75, 3.05) is 18.9 Å². The lowest BCUT2D eigenvalue weighted by Crippen LogP contribution is -2.67. The molecule has 2 saturated heterocycles. The summed E-state index contributed by atoms with van der Waals surface area (Å²) in [7, 11) is -5.66. The van der Waals surface area contributed by atoms with Crippen LogP contribution in [0.1, 0.15) is 19.6 Å². The molecule has 2 aliphatic heterocycles. The Morgan fingerprint density at radius 3 is 2.56 bits per heavy atom. The lowest BCUT2D eigenvalue weighted by molar-refractivity contribution is -0.479. The van der Waals surface area contributed by atoms with Crippen molar-refractivity contribution in [3.8, 4) is 0 Å². The zero-order valence-electron chi connectivity index (χ0n) is 22.1. The number of ether oxygens (including phenoxy) is 2. The monoisotopic (exact) mass is 646 g/mol. The fourth-order valence-corrected chi connectivity index (χ4v) is 5.01. The van der Waals surface area contributed by atoms with Gasteiger partial charge in [0.15, 0.2) is 6.23 Å². The number of aromatic nitrogens is 2. The Labute approximate surface area is 240 Å². The molecular formula is C20H31N4O18P. The first-order valence-electron chi connectivity index (χ1n) is 12.2. The summed E-state index contributed by atoms with van der Waals surface area (Å²) >= 11 is 0. The van der Waals surface area contributed by atoms with E-state index in [0.717, 1.165) is 17.7 Å². The van der Waals surface area contributed by atoms with Crippen LogP contribution in [0.2, 0.25) is 0 Å². The predicted octanol–water partition coefficient (Wildman–Crippen LogP) is -5.41. The minimum Gasteiger partial charge on any atom is -0.477 e. The van der Waals surface area contributed by atoms with Crippen LogP contribution in [0.5, 0.6) is 0 Å². The van der Waals surface area contributed by atoms with E-state index >= 15 is 0 Å². The summed E-state index contributed by atoms with van der Waals surface area (Å²) in [5.41, 5.74) is 4.49. The van der Waals surface area contributed by atoms with Crippen molar-refractivity contribution in [3.63, 3.8) is 0 Å². The molecule has 3 rings (SSSR count). The number of aliphatic hydroxyl groups excluding tert-OH is 6. The minimum atomic E-state index is -5.66. The Balaban J connectivity index is 1.65. The molecular weight excluding hydrogens is 615 g/mol. The third-order valence-electron chi connectivity index (χ3n) is 6.32. The first-order valence-corrected chi connectivity index (χ1v) is 13.7. The van der Waals surface area contributed by atoms with Crippen molar-refractivity contribution in [1.82, 2.24) is 14.9 Å². The van der Waals surface area contributed by atoms with E-state index in [1.165, 1.54) is 6.07 Å². The highest BCUT2D eigenvalue weighted by Gasteiger charge is 2.59. The first-order chi connectivity index (χ1) is 20.0. The van der Waals surface area contributed by atoms with Gasteiger partial charge in [-0.05, 0) is 6.07 Å². The summed E-state index contributed by atoms with van der Waals surface area (Å²) in [4.78, 5) is 53.7. The molecule has 23 heteroatoms. The van der Waals surface area contributed by atoms with Gasteiger partial charge in [0, 0.05) is 19.5 Å². The van der Waals surface area contributed by atoms with Crippen LogP contribution in [0.4, 0.5) is 5.82 Å². The fraction of sp³-hybridized carbons (Fsp3) is 0.700. The van der Waals surface area contributed by atoms with Gasteiger partial charge in [-0.1, -0.05) is 9.71 Å². The Kier molecular flexibility index (Phi) is 11.3. The lowest BCUT2D eigenvalue weighted by atomic mass is 9.88. The number of carbonyl (C=O) groups is 2. The van der Waals surface area contributed by atoms with E-state index in [0.29, 0.717) is 0 Å². The van der Waals surface area contributed by atoms with Crippen LogP contribution in [-0.4, -0.2) is 130 Å². The van der Waals surface area contributed by atoms with Crippen molar-refractivity contribution in [3.05, 3.63) is 22.7 Å². The molecule has 1 aromatic rings. The quantitative estimate of drug-likeness (QED) is 0.0413. The average Bonchev–Trinajstić information content (AvgIpc) is 3.19. The number of nitrogens with two attached hydrogens (primary N) is 1. The summed E-state index contributed by atoms with van der Waals surface area (Å²) < 4.78 is 32.6. The molecule has 11 N–H and O–H groups in total. The fourth-order valence-electron chi connectivity index (χ4n) is 4.29. The number of carbonyl (C=O) groups excluding carboxylic acids is 1. The molecule has 1 aromatic heterocycles. The van der Waals surface area contributed by atoms with Crippen molar-refractivity contribution in [2.45, 2.75) is 74.1 Å². The number of hydrogen-bond acceptors (Lipinski definition) is 18. The molecule has 0 saturated carbocycles. The molecule has 0 aliphatic carbocycles. The molecule has 43 heavy (non-hydrogen) atoms. The molecule has 11 unspecified atom stereocenters. The summed E-state index contributed by atoms with van der Waals surface area (Å²) in [6.07, 6.45) is -14.3. The van der Waals surface area contributed by atoms with E-state index in [9.17, 15) is 54.5 Å². The number of nitrogen functional groups attached to an aromatic ring is 1. The number of phosphoric ester groups is 1. The van der Waals surface area contributed by atoms with Crippen LogP contribution in [0.15, 0.2) is 17.1 Å². The van der Waals surface area contributed by atoms with Crippen molar-refractivity contribution >= 4 is 25.5 Å². The number of aliphatic hydroxyl groups is 6. The highest BCUT2D eigenvalue weighted by atomic mass is 31.2. The van der Waals surface area contributed by atoms with Crippen LogP contribution in [0.3, 0.4) is 0 Å². The Bertz CT molecular complexity index is 1250. The van der Waals surface area contributed by atoms with Gasteiger partial charge in [-0.25, -0.2) is 23.6 Å². The van der Waals surface area contributed by atoms with Gasteiger partial charge in [0.05, 0.1) is 18.8 Å². The van der Waals surface area contributed by atoms with Gasteiger partial charge >= 0.3 is 19.5 Å². The first kappa shape index (κ1) is 34.8. The average molecular weight is 646 g/mol. The topological polar surface area (TPSA) is 341 Å². The van der Waals surface area contributed by atoms with Crippen molar-refractivity contribution in [1.29, 1.82) is 0 Å². The molecule has 0 spiro atoms. The maximum atomic E-state index is 12.5. The minimum absolute atomic E-state index is 0.116. The van der Waals surface area contributed by atoms with E-state index in [-0.39, 0.29) is 5.82 Å². The van der Waals surface area contributed by atoms with Crippen LogP contribution < -0.4 is 16.7 Å². The van der Waals surface area contributed by atoms with Gasteiger partial charge in [0.25, 0.3) is 5.79 Å². The van der Waals surface area contributed by atoms with Crippen LogP contribution in [0.25, 0.3) is 0 Å². The maximum absolute atomic E-state index is 12.5. The molecule has 2 fully saturated rings. The molecule has 0 radical (unpaired) electrons. The van der Waals surface area contributed by atoms with Crippen molar-refractivity contribution in [2.24, 2.45) is 0 Å². The van der Waals surface area contributed by atoms with Crippen LogP contribution >= 0.6 is 7.82 Å². The SMILES string of the molecule is CC(=O)NC1C(O)CC(OP(=O)(O)OOOCC2OC(n3ccc(N)nc3=O)C(O)C2O)(C(=O)O)OC1C(O)C(O)CO. The van der Waals surface area contributed by atoms with Gasteiger partial charge < -0.3 is 61.2 Å². The zero-order valence-corrected chi connectivity index (χ0v) is 22.9. The summed E-state index contributed by atoms with van der Waals surface area (Å²) in [6, 6.07) is -0.361. The number of hydrogen-bond donors (Lipinski definition) is 10. The van der Waals surface area contributed by atoms with E-state index in [2.05, 4.69) is 29.4 Å². The predicted molar refractivity (Wildman–Crippen MR) is 130 cm³/mol. The third-order valence-corrected chi connectivity index (χ3v) is 7.09. The molecule has 1 amide bonds. The number of amides is 1. The Hall–Kier alpha value is -2.67. The lowest BCUT2D eigenvalue weighted by Gasteiger charge is -2.46. The number of carboxylic acids is 1. The number of rotatable bonds is 13. The van der Waals surface area contributed by atoms with Gasteiger partial charge in [0.1, 0.15) is 49.0 Å². The summed E-state index contributed by atoms with van der Waals surface area (Å²) in [5.74, 6) is -6.28. The maximum Gasteiger partial charge on any atom is 0.504 e. The third kappa shape index (κ3) is 8.09. The number of nitrogens with one attached hydrogen (secondary N) is 1. The number of anilines is 1. The van der Waals surface area contributed by atoms with Crippen LogP contribution in [0, 0.1) is 0 Å². The highest BCUT2D eigenvalue weighted by molar-refractivity contribution is 7.47. The van der Waals surface area contributed by atoms with Gasteiger partial charge in [-0.2, -0.15) is 4.98 Å². The smallest absolute Gasteiger partial charge is 0.477 e. The van der Waals surface area contributed by atoms with E-state index < -0.39 is 106 Å². The molecule has 3 heterocycles. The van der Waals surface area contributed by atoms with Gasteiger partial charge in [-0.15, -0.1) is 0 Å². The molecule has 11 atom stereocenters. The van der Waals surface area contributed by atoms with E-state index in [1.54, 1.807) is 0 Å². The number of carboxylic acid groups (broad SMARTS) is 1. The summed E-state index contributed by atoms with van der Waals surface area (Å²) in [6.45, 7) is -0.869.